The molecule has 0 saturated heterocycles. The van der Waals surface area contributed by atoms with Crippen LogP contribution in [0.3, 0.4) is 0 Å². The van der Waals surface area contributed by atoms with E-state index in [4.69, 9.17) is 0 Å². The zero-order valence-electron chi connectivity index (χ0n) is 11.7. The first kappa shape index (κ1) is 14.0. The Morgan fingerprint density at radius 1 is 1.26 bits per heavy atom. The van der Waals surface area contributed by atoms with Crippen LogP contribution in [0.2, 0.25) is 0 Å². The highest BCUT2D eigenvalue weighted by Crippen LogP contribution is 2.24. The van der Waals surface area contributed by atoms with Gasteiger partial charge in [0.15, 0.2) is 5.82 Å². The molecule has 114 valence electrons. The highest BCUT2D eigenvalue weighted by molar-refractivity contribution is 7.13. The first-order chi connectivity index (χ1) is 11.3. The van der Waals surface area contributed by atoms with Gasteiger partial charge in [-0.15, -0.1) is 21.5 Å². The zero-order chi connectivity index (χ0) is 15.6. The first-order valence-corrected chi connectivity index (χ1v) is 8.53. The molecule has 0 radical (unpaired) electrons. The number of nitrogens with zero attached hydrogens (tertiary/aromatic N) is 5. The van der Waals surface area contributed by atoms with Gasteiger partial charge in [0.25, 0.3) is 0 Å². The highest BCUT2D eigenvalue weighted by atomic mass is 32.1. The average Bonchev–Trinajstić information content (AvgIpc) is 3.28. The lowest BCUT2D eigenvalue weighted by molar-refractivity contribution is -0.116. The molecule has 0 aliphatic rings. The Morgan fingerprint density at radius 2 is 2.17 bits per heavy atom. The number of hydrogen-bond acceptors (Lipinski definition) is 7. The number of thiazole rings is 1. The van der Waals surface area contributed by atoms with Gasteiger partial charge in [-0.1, -0.05) is 23.5 Å². The van der Waals surface area contributed by atoms with Crippen LogP contribution in [-0.4, -0.2) is 30.6 Å². The van der Waals surface area contributed by atoms with Crippen molar-refractivity contribution >= 4 is 44.7 Å². The predicted molar refractivity (Wildman–Crippen MR) is 89.4 cm³/mol. The van der Waals surface area contributed by atoms with Crippen molar-refractivity contribution in [3.63, 3.8) is 0 Å². The van der Waals surface area contributed by atoms with E-state index in [2.05, 4.69) is 25.5 Å². The molecule has 7 nitrogen and oxygen atoms in total. The molecule has 0 fully saturated rings. The van der Waals surface area contributed by atoms with Gasteiger partial charge in [-0.2, -0.15) is 0 Å². The summed E-state index contributed by atoms with van der Waals surface area (Å²) in [5, 5.41) is 12.7. The summed E-state index contributed by atoms with van der Waals surface area (Å²) in [6, 6.07) is 7.71. The number of imidazole rings is 1. The average molecular weight is 342 g/mol. The zero-order valence-corrected chi connectivity index (χ0v) is 13.3. The summed E-state index contributed by atoms with van der Waals surface area (Å²) in [7, 11) is 0. The Kier molecular flexibility index (Phi) is 3.56. The van der Waals surface area contributed by atoms with E-state index >= 15 is 0 Å². The van der Waals surface area contributed by atoms with Gasteiger partial charge in [-0.25, -0.2) is 9.97 Å². The summed E-state index contributed by atoms with van der Waals surface area (Å²) in [5.74, 6) is 0.501. The summed E-state index contributed by atoms with van der Waals surface area (Å²) in [4.78, 5) is 21.2. The monoisotopic (exact) mass is 342 g/mol. The molecule has 1 amide bonds. The standard InChI is InChI=1S/C14H10N6OS2/c21-12(18-14-19-16-8-23-14)5-20-11-4-2-1-3-9(11)17-13(20)10-6-22-7-15-10/h1-4,6-8H,5H2,(H,18,19,21). The topological polar surface area (TPSA) is 85.6 Å². The van der Waals surface area contributed by atoms with Crippen molar-refractivity contribution in [3.8, 4) is 11.5 Å². The lowest BCUT2D eigenvalue weighted by atomic mass is 10.3. The van der Waals surface area contributed by atoms with E-state index in [-0.39, 0.29) is 12.5 Å². The number of hydrogen-bond donors (Lipinski definition) is 1. The molecule has 1 aromatic carbocycles. The minimum absolute atomic E-state index is 0.132. The van der Waals surface area contributed by atoms with Crippen LogP contribution in [-0.2, 0) is 11.3 Å². The number of benzene rings is 1. The molecule has 0 unspecified atom stereocenters. The number of carbonyl (C=O) groups is 1. The second kappa shape index (κ2) is 5.86. The van der Waals surface area contributed by atoms with E-state index in [1.165, 1.54) is 22.7 Å². The minimum Gasteiger partial charge on any atom is -0.313 e. The lowest BCUT2D eigenvalue weighted by Gasteiger charge is -2.07. The fraction of sp³-hybridized carbons (Fsp3) is 0.0714. The van der Waals surface area contributed by atoms with Crippen molar-refractivity contribution < 1.29 is 4.79 Å². The third-order valence-electron chi connectivity index (χ3n) is 3.22. The molecule has 1 N–H and O–H groups in total. The second-order valence-electron chi connectivity index (χ2n) is 4.68. The molecule has 23 heavy (non-hydrogen) atoms. The number of nitrogens with one attached hydrogen (secondary N) is 1. The summed E-state index contributed by atoms with van der Waals surface area (Å²) in [5.41, 5.74) is 5.81. The third kappa shape index (κ3) is 2.71. The maximum absolute atomic E-state index is 12.3. The molecule has 0 saturated carbocycles. The maximum Gasteiger partial charge on any atom is 0.246 e. The normalized spacial score (nSPS) is 11.0. The fourth-order valence-corrected chi connectivity index (χ4v) is 3.28. The van der Waals surface area contributed by atoms with Crippen LogP contribution in [0.25, 0.3) is 22.6 Å². The van der Waals surface area contributed by atoms with Gasteiger partial charge in [-0.3, -0.25) is 10.1 Å². The van der Waals surface area contributed by atoms with Gasteiger partial charge in [0, 0.05) is 5.38 Å². The van der Waals surface area contributed by atoms with Crippen molar-refractivity contribution in [2.45, 2.75) is 6.54 Å². The van der Waals surface area contributed by atoms with E-state index in [9.17, 15) is 4.79 Å². The molecule has 0 atom stereocenters. The number of amides is 1. The Bertz CT molecular complexity index is 945. The number of aromatic nitrogens is 5. The number of anilines is 1. The van der Waals surface area contributed by atoms with Crippen LogP contribution in [0, 0.1) is 0 Å². The highest BCUT2D eigenvalue weighted by Gasteiger charge is 2.16. The number of carbonyl (C=O) groups excluding carboxylic acids is 1. The number of rotatable bonds is 4. The Morgan fingerprint density at radius 3 is 2.96 bits per heavy atom. The molecular weight excluding hydrogens is 332 g/mol. The van der Waals surface area contributed by atoms with Crippen molar-refractivity contribution in [1.82, 2.24) is 24.7 Å². The molecule has 3 heterocycles. The van der Waals surface area contributed by atoms with Crippen LogP contribution in [0.15, 0.2) is 40.7 Å². The van der Waals surface area contributed by atoms with Crippen LogP contribution in [0.5, 0.6) is 0 Å². The van der Waals surface area contributed by atoms with Gasteiger partial charge in [-0.05, 0) is 12.1 Å². The second-order valence-corrected chi connectivity index (χ2v) is 6.23. The molecular formula is C14H10N6OS2. The molecule has 3 aromatic heterocycles. The first-order valence-electron chi connectivity index (χ1n) is 6.71. The molecule has 4 aromatic rings. The van der Waals surface area contributed by atoms with Crippen molar-refractivity contribution in [3.05, 3.63) is 40.7 Å². The van der Waals surface area contributed by atoms with Crippen LogP contribution >= 0.6 is 22.7 Å². The van der Waals surface area contributed by atoms with Gasteiger partial charge in [0.2, 0.25) is 11.0 Å². The minimum atomic E-state index is -0.179. The van der Waals surface area contributed by atoms with E-state index in [0.29, 0.717) is 11.0 Å². The smallest absolute Gasteiger partial charge is 0.246 e. The van der Waals surface area contributed by atoms with E-state index in [1.807, 2.05) is 34.2 Å². The summed E-state index contributed by atoms with van der Waals surface area (Å²) >= 11 is 2.77. The number of fused-ring (bicyclic) bond motifs is 1. The van der Waals surface area contributed by atoms with Crippen molar-refractivity contribution in [2.24, 2.45) is 0 Å². The SMILES string of the molecule is O=C(Cn1c(-c2cscn2)nc2ccccc21)Nc1nncs1. The summed E-state index contributed by atoms with van der Waals surface area (Å²) in [6.45, 7) is 0.132. The molecule has 0 aliphatic carbocycles. The van der Waals surface area contributed by atoms with Crippen LogP contribution < -0.4 is 5.32 Å². The van der Waals surface area contributed by atoms with E-state index in [0.717, 1.165) is 16.7 Å². The van der Waals surface area contributed by atoms with E-state index in [1.54, 1.807) is 11.0 Å². The predicted octanol–water partition coefficient (Wildman–Crippen LogP) is 2.65. The largest absolute Gasteiger partial charge is 0.313 e. The van der Waals surface area contributed by atoms with Gasteiger partial charge >= 0.3 is 0 Å². The van der Waals surface area contributed by atoms with Crippen LogP contribution in [0.1, 0.15) is 0 Å². The van der Waals surface area contributed by atoms with Crippen molar-refractivity contribution in [2.75, 3.05) is 5.32 Å². The molecule has 0 bridgehead atoms. The fourth-order valence-electron chi connectivity index (χ4n) is 2.28. The summed E-state index contributed by atoms with van der Waals surface area (Å²) < 4.78 is 1.86. The van der Waals surface area contributed by atoms with Crippen molar-refractivity contribution in [1.29, 1.82) is 0 Å². The van der Waals surface area contributed by atoms with Crippen LogP contribution in [0.4, 0.5) is 5.13 Å². The summed E-state index contributed by atoms with van der Waals surface area (Å²) in [6.07, 6.45) is 0. The third-order valence-corrected chi connectivity index (χ3v) is 4.42. The van der Waals surface area contributed by atoms with Gasteiger partial charge < -0.3 is 4.57 Å². The van der Waals surface area contributed by atoms with Gasteiger partial charge in [0.05, 0.1) is 16.5 Å². The maximum atomic E-state index is 12.3. The quantitative estimate of drug-likeness (QED) is 0.616. The van der Waals surface area contributed by atoms with E-state index < -0.39 is 0 Å². The molecule has 0 aliphatic heterocycles. The Balaban J connectivity index is 1.72. The Labute approximate surface area is 138 Å². The molecule has 4 rings (SSSR count). The van der Waals surface area contributed by atoms with Gasteiger partial charge in [0.1, 0.15) is 17.7 Å². The molecule has 9 heteroatoms. The Hall–Kier alpha value is -2.65. The lowest BCUT2D eigenvalue weighted by Crippen LogP contribution is -2.19. The number of para-hydroxylation sites is 2. The molecule has 0 spiro atoms.